The van der Waals surface area contributed by atoms with Gasteiger partial charge in [-0.15, -0.1) is 13.2 Å². The van der Waals surface area contributed by atoms with Gasteiger partial charge in [0, 0.05) is 12.8 Å². The highest BCUT2D eigenvalue weighted by atomic mass is 16.1. The molecule has 0 aliphatic carbocycles. The van der Waals surface area contributed by atoms with E-state index < -0.39 is 0 Å². The molecule has 0 amide bonds. The highest BCUT2D eigenvalue weighted by molar-refractivity contribution is 5.78. The van der Waals surface area contributed by atoms with Crippen LogP contribution in [0, 0.1) is 0 Å². The van der Waals surface area contributed by atoms with E-state index in [1.807, 2.05) is 12.2 Å². The molecule has 1 heteroatoms. The average molecular weight is 278 g/mol. The Hall–Kier alpha value is -0.850. The Balaban J connectivity index is 3.16. The lowest BCUT2D eigenvalue weighted by Crippen LogP contribution is -1.97. The second-order valence-corrected chi connectivity index (χ2v) is 5.73. The van der Waals surface area contributed by atoms with Crippen LogP contribution in [0.1, 0.15) is 89.9 Å². The van der Waals surface area contributed by atoms with Gasteiger partial charge in [0.25, 0.3) is 0 Å². The molecule has 0 unspecified atom stereocenters. The van der Waals surface area contributed by atoms with Crippen molar-refractivity contribution in [3.63, 3.8) is 0 Å². The summed E-state index contributed by atoms with van der Waals surface area (Å²) in [7, 11) is 0. The lowest BCUT2D eigenvalue weighted by atomic mass is 10.0. The quantitative estimate of drug-likeness (QED) is 0.236. The first kappa shape index (κ1) is 19.1. The van der Waals surface area contributed by atoms with E-state index in [9.17, 15) is 4.79 Å². The molecule has 0 fully saturated rings. The highest BCUT2D eigenvalue weighted by Crippen LogP contribution is 2.11. The van der Waals surface area contributed by atoms with E-state index in [0.29, 0.717) is 5.78 Å². The van der Waals surface area contributed by atoms with Crippen LogP contribution in [0.5, 0.6) is 0 Å². The Kier molecular flexibility index (Phi) is 15.5. The van der Waals surface area contributed by atoms with Crippen LogP contribution < -0.4 is 0 Å². The van der Waals surface area contributed by atoms with Crippen molar-refractivity contribution in [2.45, 2.75) is 89.9 Å². The highest BCUT2D eigenvalue weighted by Gasteiger charge is 2.01. The van der Waals surface area contributed by atoms with E-state index >= 15 is 0 Å². The first-order valence-electron chi connectivity index (χ1n) is 8.54. The van der Waals surface area contributed by atoms with Crippen molar-refractivity contribution in [3.8, 4) is 0 Å². The fourth-order valence-corrected chi connectivity index (χ4v) is 2.41. The van der Waals surface area contributed by atoms with E-state index in [1.54, 1.807) is 0 Å². The topological polar surface area (TPSA) is 17.1 Å². The third-order valence-corrected chi connectivity index (χ3v) is 3.73. The third-order valence-electron chi connectivity index (χ3n) is 3.73. The van der Waals surface area contributed by atoms with Crippen LogP contribution in [-0.2, 0) is 4.79 Å². The van der Waals surface area contributed by atoms with Gasteiger partial charge in [0.1, 0.15) is 5.78 Å². The first-order chi connectivity index (χ1) is 9.81. The van der Waals surface area contributed by atoms with Crippen LogP contribution >= 0.6 is 0 Å². The molecule has 0 saturated carbocycles. The zero-order chi connectivity index (χ0) is 14.9. The molecule has 0 aromatic rings. The molecule has 1 nitrogen and oxygen atoms in total. The van der Waals surface area contributed by atoms with Crippen molar-refractivity contribution in [2.75, 3.05) is 0 Å². The standard InChI is InChI=1S/C19H34O/c1-3-5-7-9-11-13-15-17-19(20)18-16-14-12-10-8-6-4-2/h3-4H,1-2,5-18H2. The van der Waals surface area contributed by atoms with E-state index in [2.05, 4.69) is 13.2 Å². The fraction of sp³-hybridized carbons (Fsp3) is 0.737. The van der Waals surface area contributed by atoms with Crippen LogP contribution in [0.25, 0.3) is 0 Å². The van der Waals surface area contributed by atoms with Crippen LogP contribution in [0.3, 0.4) is 0 Å². The third kappa shape index (κ3) is 15.2. The minimum absolute atomic E-state index is 0.474. The van der Waals surface area contributed by atoms with E-state index in [-0.39, 0.29) is 0 Å². The molecule has 0 saturated heterocycles. The fourth-order valence-electron chi connectivity index (χ4n) is 2.41. The van der Waals surface area contributed by atoms with Crippen LogP contribution in [-0.4, -0.2) is 5.78 Å². The second-order valence-electron chi connectivity index (χ2n) is 5.73. The normalized spacial score (nSPS) is 10.4. The predicted molar refractivity (Wildman–Crippen MR) is 90.0 cm³/mol. The molecule has 0 bridgehead atoms. The monoisotopic (exact) mass is 278 g/mol. The Morgan fingerprint density at radius 3 is 1.35 bits per heavy atom. The van der Waals surface area contributed by atoms with E-state index in [0.717, 1.165) is 38.5 Å². The summed E-state index contributed by atoms with van der Waals surface area (Å²) in [5, 5.41) is 0. The zero-order valence-corrected chi connectivity index (χ0v) is 13.4. The van der Waals surface area contributed by atoms with Gasteiger partial charge in [0.05, 0.1) is 0 Å². The van der Waals surface area contributed by atoms with Gasteiger partial charge in [-0.25, -0.2) is 0 Å². The SMILES string of the molecule is C=CCCCCCCCC(=O)CCCCCCCC=C. The molecule has 0 rings (SSSR count). The number of ketones is 1. The van der Waals surface area contributed by atoms with Crippen LogP contribution in [0.15, 0.2) is 25.3 Å². The minimum atomic E-state index is 0.474. The Morgan fingerprint density at radius 2 is 0.950 bits per heavy atom. The number of hydrogen-bond donors (Lipinski definition) is 0. The molecule has 0 N–H and O–H groups in total. The minimum Gasteiger partial charge on any atom is -0.300 e. The lowest BCUT2D eigenvalue weighted by molar-refractivity contribution is -0.119. The van der Waals surface area contributed by atoms with Gasteiger partial charge in [0.15, 0.2) is 0 Å². The van der Waals surface area contributed by atoms with Crippen LogP contribution in [0.4, 0.5) is 0 Å². The molecule has 0 aliphatic rings. The summed E-state index contributed by atoms with van der Waals surface area (Å²) >= 11 is 0. The Bertz CT molecular complexity index is 218. The van der Waals surface area contributed by atoms with Crippen molar-refractivity contribution in [3.05, 3.63) is 25.3 Å². The average Bonchev–Trinajstić information content (AvgIpc) is 2.45. The summed E-state index contributed by atoms with van der Waals surface area (Å²) in [4.78, 5) is 11.7. The summed E-state index contributed by atoms with van der Waals surface area (Å²) in [6.07, 6.45) is 20.1. The van der Waals surface area contributed by atoms with Gasteiger partial charge in [-0.3, -0.25) is 4.79 Å². The molecule has 0 atom stereocenters. The number of carbonyl (C=O) groups excluding carboxylic acids is 1. The molecule has 20 heavy (non-hydrogen) atoms. The van der Waals surface area contributed by atoms with Gasteiger partial charge >= 0.3 is 0 Å². The van der Waals surface area contributed by atoms with Gasteiger partial charge in [0.2, 0.25) is 0 Å². The summed E-state index contributed by atoms with van der Waals surface area (Å²) < 4.78 is 0. The van der Waals surface area contributed by atoms with Crippen molar-refractivity contribution < 1.29 is 4.79 Å². The summed E-state index contributed by atoms with van der Waals surface area (Å²) in [6, 6.07) is 0. The lowest BCUT2D eigenvalue weighted by Gasteiger charge is -2.02. The smallest absolute Gasteiger partial charge is 0.132 e. The number of carbonyl (C=O) groups is 1. The maximum atomic E-state index is 11.7. The number of rotatable bonds is 16. The Morgan fingerprint density at radius 1 is 0.600 bits per heavy atom. The van der Waals surface area contributed by atoms with Crippen molar-refractivity contribution >= 4 is 5.78 Å². The number of allylic oxidation sites excluding steroid dienone is 2. The maximum absolute atomic E-state index is 11.7. The van der Waals surface area contributed by atoms with Gasteiger partial charge < -0.3 is 0 Å². The zero-order valence-electron chi connectivity index (χ0n) is 13.4. The van der Waals surface area contributed by atoms with E-state index in [1.165, 1.54) is 51.4 Å². The Labute approximate surface area is 126 Å². The van der Waals surface area contributed by atoms with Crippen molar-refractivity contribution in [2.24, 2.45) is 0 Å². The first-order valence-corrected chi connectivity index (χ1v) is 8.54. The van der Waals surface area contributed by atoms with Crippen molar-refractivity contribution in [1.82, 2.24) is 0 Å². The molecular formula is C19H34O. The molecule has 0 spiro atoms. The largest absolute Gasteiger partial charge is 0.300 e. The van der Waals surface area contributed by atoms with Gasteiger partial charge in [-0.1, -0.05) is 50.7 Å². The summed E-state index contributed by atoms with van der Waals surface area (Å²) in [5.74, 6) is 0.474. The molecule has 0 radical (unpaired) electrons. The predicted octanol–water partition coefficient (Wildman–Crippen LogP) is 6.39. The molecule has 0 aromatic heterocycles. The molecule has 0 aliphatic heterocycles. The molecule has 0 heterocycles. The number of hydrogen-bond acceptors (Lipinski definition) is 1. The molecular weight excluding hydrogens is 244 g/mol. The number of Topliss-reactive ketones (excluding diaryl/α,β-unsaturated/α-hetero) is 1. The summed E-state index contributed by atoms with van der Waals surface area (Å²) in [5.41, 5.74) is 0. The maximum Gasteiger partial charge on any atom is 0.132 e. The second kappa shape index (κ2) is 16.2. The van der Waals surface area contributed by atoms with Gasteiger partial charge in [-0.05, 0) is 38.5 Å². The van der Waals surface area contributed by atoms with Gasteiger partial charge in [-0.2, -0.15) is 0 Å². The summed E-state index contributed by atoms with van der Waals surface area (Å²) in [6.45, 7) is 7.45. The van der Waals surface area contributed by atoms with Crippen molar-refractivity contribution in [1.29, 1.82) is 0 Å². The van der Waals surface area contributed by atoms with Crippen LogP contribution in [0.2, 0.25) is 0 Å². The molecule has 0 aromatic carbocycles. The number of unbranched alkanes of at least 4 members (excludes halogenated alkanes) is 10. The van der Waals surface area contributed by atoms with E-state index in [4.69, 9.17) is 0 Å². The molecule has 116 valence electrons.